The molecule has 0 aliphatic heterocycles. The number of halogens is 1. The maximum atomic E-state index is 9.79. The van der Waals surface area contributed by atoms with Crippen molar-refractivity contribution in [1.82, 2.24) is 4.98 Å². The molecule has 0 unspecified atom stereocenters. The third-order valence-electron chi connectivity index (χ3n) is 4.45. The van der Waals surface area contributed by atoms with Crippen LogP contribution in [0.25, 0.3) is 21.8 Å². The largest absolute Gasteiger partial charge is 0.354 e. The molecule has 1 heterocycles. The second-order valence-electron chi connectivity index (χ2n) is 6.48. The van der Waals surface area contributed by atoms with Crippen molar-refractivity contribution in [1.29, 1.82) is 0 Å². The molecule has 138 valence electrons. The Balaban J connectivity index is 0.000000352. The van der Waals surface area contributed by atoms with E-state index in [1.165, 1.54) is 73.3 Å². The minimum absolute atomic E-state index is 0.380. The van der Waals surface area contributed by atoms with E-state index in [1.807, 2.05) is 0 Å². The molecule has 0 aliphatic rings. The first-order valence-electron chi connectivity index (χ1n) is 9.10. The quantitative estimate of drug-likeness (QED) is 0.293. The summed E-state index contributed by atoms with van der Waals surface area (Å²) in [6, 6.07) is 15.3. The third kappa shape index (κ3) is 5.53. The lowest BCUT2D eigenvalue weighted by Gasteiger charge is -2.03. The standard InChI is InChI=1S/C18H20BrN.C4H6O2/c19-13-6-2-1-3-8-14-9-7-11-16-15-10-4-5-12-17(15)20-18(14)16;1-3(5)4(2)6/h4-5,7,9-12,20H,1-3,6,8,13H2;1-2H3. The molecule has 3 rings (SSSR count). The fourth-order valence-electron chi connectivity index (χ4n) is 2.91. The van der Waals surface area contributed by atoms with Crippen molar-refractivity contribution >= 4 is 49.3 Å². The Morgan fingerprint density at radius 2 is 1.50 bits per heavy atom. The Labute approximate surface area is 163 Å². The number of aromatic nitrogens is 1. The van der Waals surface area contributed by atoms with Gasteiger partial charge in [-0.15, -0.1) is 0 Å². The van der Waals surface area contributed by atoms with Crippen LogP contribution in [0.1, 0.15) is 45.1 Å². The molecule has 0 radical (unpaired) electrons. The number of ketones is 2. The fraction of sp³-hybridized carbons (Fsp3) is 0.364. The van der Waals surface area contributed by atoms with Crippen molar-refractivity contribution in [2.75, 3.05) is 5.33 Å². The van der Waals surface area contributed by atoms with Gasteiger partial charge in [-0.2, -0.15) is 0 Å². The molecule has 0 fully saturated rings. The molecule has 0 amide bonds. The maximum absolute atomic E-state index is 9.79. The minimum Gasteiger partial charge on any atom is -0.354 e. The van der Waals surface area contributed by atoms with Crippen LogP contribution in [-0.4, -0.2) is 21.9 Å². The summed E-state index contributed by atoms with van der Waals surface area (Å²) in [5.41, 5.74) is 4.03. The number of nitrogens with one attached hydrogen (secondary N) is 1. The monoisotopic (exact) mass is 415 g/mol. The van der Waals surface area contributed by atoms with E-state index in [0.29, 0.717) is 0 Å². The van der Waals surface area contributed by atoms with Gasteiger partial charge in [0.25, 0.3) is 0 Å². The lowest BCUT2D eigenvalue weighted by atomic mass is 10.0. The van der Waals surface area contributed by atoms with Gasteiger partial charge in [0, 0.05) is 41.0 Å². The number of aromatic amines is 1. The summed E-state index contributed by atoms with van der Waals surface area (Å²) in [5, 5.41) is 3.83. The van der Waals surface area contributed by atoms with E-state index in [2.05, 4.69) is 63.4 Å². The number of H-pyrrole nitrogens is 1. The molecule has 26 heavy (non-hydrogen) atoms. The van der Waals surface area contributed by atoms with E-state index in [0.717, 1.165) is 5.33 Å². The highest BCUT2D eigenvalue weighted by Gasteiger charge is 2.07. The molecule has 0 atom stereocenters. The lowest BCUT2D eigenvalue weighted by molar-refractivity contribution is -0.134. The van der Waals surface area contributed by atoms with Crippen LogP contribution >= 0.6 is 15.9 Å². The Morgan fingerprint density at radius 3 is 2.19 bits per heavy atom. The number of Topliss-reactive ketones (excluding diaryl/α,β-unsaturated/α-hetero) is 2. The first kappa shape index (κ1) is 20.4. The van der Waals surface area contributed by atoms with Crippen molar-refractivity contribution in [3.63, 3.8) is 0 Å². The summed E-state index contributed by atoms with van der Waals surface area (Å²) >= 11 is 3.49. The van der Waals surface area contributed by atoms with Gasteiger partial charge < -0.3 is 4.98 Å². The Morgan fingerprint density at radius 1 is 0.846 bits per heavy atom. The highest BCUT2D eigenvalue weighted by molar-refractivity contribution is 9.09. The second-order valence-corrected chi connectivity index (χ2v) is 7.27. The van der Waals surface area contributed by atoms with Crippen LogP contribution in [0.3, 0.4) is 0 Å². The number of hydrogen-bond donors (Lipinski definition) is 1. The van der Waals surface area contributed by atoms with Crippen molar-refractivity contribution < 1.29 is 9.59 Å². The van der Waals surface area contributed by atoms with E-state index in [4.69, 9.17) is 0 Å². The van der Waals surface area contributed by atoms with Gasteiger partial charge in [-0.05, 0) is 30.9 Å². The zero-order valence-electron chi connectivity index (χ0n) is 15.5. The molecular weight excluding hydrogens is 390 g/mol. The normalized spacial score (nSPS) is 10.6. The number of rotatable bonds is 7. The number of carbonyl (C=O) groups is 2. The molecule has 1 N–H and O–H groups in total. The molecule has 3 aromatic rings. The van der Waals surface area contributed by atoms with Gasteiger partial charge >= 0.3 is 0 Å². The van der Waals surface area contributed by atoms with Crippen molar-refractivity contribution in [3.8, 4) is 0 Å². The number of alkyl halides is 1. The summed E-state index contributed by atoms with van der Waals surface area (Å²) < 4.78 is 0. The minimum atomic E-state index is -0.380. The van der Waals surface area contributed by atoms with Gasteiger partial charge in [-0.3, -0.25) is 9.59 Å². The van der Waals surface area contributed by atoms with Gasteiger partial charge in [0.1, 0.15) is 0 Å². The molecule has 0 saturated carbocycles. The first-order valence-corrected chi connectivity index (χ1v) is 10.2. The number of para-hydroxylation sites is 2. The summed E-state index contributed by atoms with van der Waals surface area (Å²) in [7, 11) is 0. The first-order chi connectivity index (χ1) is 12.5. The van der Waals surface area contributed by atoms with Gasteiger partial charge in [0.05, 0.1) is 0 Å². The predicted molar refractivity (Wildman–Crippen MR) is 113 cm³/mol. The van der Waals surface area contributed by atoms with Crippen molar-refractivity contribution in [2.45, 2.75) is 46.0 Å². The average molecular weight is 416 g/mol. The highest BCUT2D eigenvalue weighted by Crippen LogP contribution is 2.28. The number of carbonyl (C=O) groups excluding carboxylic acids is 2. The van der Waals surface area contributed by atoms with Crippen molar-refractivity contribution in [2.24, 2.45) is 0 Å². The Bertz CT molecular complexity index is 870. The van der Waals surface area contributed by atoms with E-state index in [9.17, 15) is 9.59 Å². The number of benzene rings is 2. The second kappa shape index (κ2) is 10.3. The number of aryl methyl sites for hydroxylation is 1. The topological polar surface area (TPSA) is 49.9 Å². The van der Waals surface area contributed by atoms with E-state index < -0.39 is 0 Å². The predicted octanol–water partition coefficient (Wildman–Crippen LogP) is 5.98. The SMILES string of the molecule is BrCCCCCCc1cccc2c1[nH]c1ccccc12.CC(=O)C(C)=O. The summed E-state index contributed by atoms with van der Waals surface area (Å²) in [4.78, 5) is 23.2. The number of unbranched alkanes of at least 4 members (excludes halogenated alkanes) is 3. The third-order valence-corrected chi connectivity index (χ3v) is 5.01. The van der Waals surface area contributed by atoms with Crippen LogP contribution in [0.2, 0.25) is 0 Å². The van der Waals surface area contributed by atoms with Gasteiger partial charge in [-0.1, -0.05) is 65.2 Å². The summed E-state index contributed by atoms with van der Waals surface area (Å²) in [5.74, 6) is -0.759. The lowest BCUT2D eigenvalue weighted by Crippen LogP contribution is -2.01. The molecule has 4 heteroatoms. The van der Waals surface area contributed by atoms with Crippen LogP contribution in [0.4, 0.5) is 0 Å². The van der Waals surface area contributed by atoms with E-state index in [1.54, 1.807) is 0 Å². The smallest absolute Gasteiger partial charge is 0.195 e. The summed E-state index contributed by atoms with van der Waals surface area (Å²) in [6.45, 7) is 2.50. The van der Waals surface area contributed by atoms with Crippen LogP contribution in [-0.2, 0) is 16.0 Å². The van der Waals surface area contributed by atoms with Crippen molar-refractivity contribution in [3.05, 3.63) is 48.0 Å². The molecule has 0 aliphatic carbocycles. The number of hydrogen-bond acceptors (Lipinski definition) is 2. The highest BCUT2D eigenvalue weighted by atomic mass is 79.9. The zero-order chi connectivity index (χ0) is 18.9. The number of fused-ring (bicyclic) bond motifs is 3. The molecule has 1 aromatic heterocycles. The van der Waals surface area contributed by atoms with Gasteiger partial charge in [0.15, 0.2) is 11.6 Å². The van der Waals surface area contributed by atoms with Crippen LogP contribution in [0.15, 0.2) is 42.5 Å². The van der Waals surface area contributed by atoms with Gasteiger partial charge in [0.2, 0.25) is 0 Å². The molecular formula is C22H26BrNO2. The van der Waals surface area contributed by atoms with Gasteiger partial charge in [-0.25, -0.2) is 0 Å². The summed E-state index contributed by atoms with van der Waals surface area (Å²) in [6.07, 6.45) is 6.39. The van der Waals surface area contributed by atoms with Crippen LogP contribution in [0, 0.1) is 0 Å². The average Bonchev–Trinajstić information content (AvgIpc) is 3.01. The fourth-order valence-corrected chi connectivity index (χ4v) is 3.30. The molecule has 0 saturated heterocycles. The van der Waals surface area contributed by atoms with Crippen LogP contribution < -0.4 is 0 Å². The van der Waals surface area contributed by atoms with E-state index in [-0.39, 0.29) is 11.6 Å². The van der Waals surface area contributed by atoms with Crippen LogP contribution in [0.5, 0.6) is 0 Å². The zero-order valence-corrected chi connectivity index (χ0v) is 17.1. The Kier molecular flexibility index (Phi) is 8.05. The Hall–Kier alpha value is -1.94. The molecule has 0 spiro atoms. The maximum Gasteiger partial charge on any atom is 0.195 e. The molecule has 3 nitrogen and oxygen atoms in total. The van der Waals surface area contributed by atoms with E-state index >= 15 is 0 Å². The molecule has 0 bridgehead atoms. The molecule has 2 aromatic carbocycles.